The Hall–Kier alpha value is -0.830. The Labute approximate surface area is 85.8 Å². The van der Waals surface area contributed by atoms with E-state index in [1.165, 1.54) is 0 Å². The van der Waals surface area contributed by atoms with Crippen LogP contribution in [0.4, 0.5) is 0 Å². The van der Waals surface area contributed by atoms with Gasteiger partial charge in [-0.15, -0.1) is 0 Å². The van der Waals surface area contributed by atoms with Gasteiger partial charge in [-0.25, -0.2) is 0 Å². The quantitative estimate of drug-likeness (QED) is 0.544. The van der Waals surface area contributed by atoms with Crippen LogP contribution in [0, 0.1) is 5.41 Å². The van der Waals surface area contributed by atoms with Gasteiger partial charge in [-0.3, -0.25) is 4.79 Å². The van der Waals surface area contributed by atoms with Crippen LogP contribution < -0.4 is 0 Å². The first-order chi connectivity index (χ1) is 6.44. The number of hydrogen-bond acceptors (Lipinski definition) is 3. The molecule has 0 rings (SSSR count). The van der Waals surface area contributed by atoms with Crippen molar-refractivity contribution < 1.29 is 14.6 Å². The zero-order valence-electron chi connectivity index (χ0n) is 9.46. The van der Waals surface area contributed by atoms with Crippen LogP contribution in [0.1, 0.15) is 34.1 Å². The summed E-state index contributed by atoms with van der Waals surface area (Å²) >= 11 is 0. The molecule has 14 heavy (non-hydrogen) atoms. The van der Waals surface area contributed by atoms with Gasteiger partial charge in [0.05, 0.1) is 18.6 Å². The van der Waals surface area contributed by atoms with Crippen molar-refractivity contribution in [3.05, 3.63) is 11.6 Å². The van der Waals surface area contributed by atoms with Gasteiger partial charge in [0.1, 0.15) is 0 Å². The topological polar surface area (TPSA) is 46.5 Å². The molecule has 0 saturated carbocycles. The maximum absolute atomic E-state index is 11.5. The van der Waals surface area contributed by atoms with E-state index in [0.29, 0.717) is 13.0 Å². The standard InChI is InChI=1S/C11H20O3/c1-5-14-10(13)11(3,4)7-6-9(2)8-12/h6,12H,5,7-8H2,1-4H3/b9-6+. The number of aliphatic hydroxyl groups excluding tert-OH is 1. The number of hydrogen-bond donors (Lipinski definition) is 1. The molecule has 0 fully saturated rings. The van der Waals surface area contributed by atoms with Gasteiger partial charge in [0, 0.05) is 0 Å². The van der Waals surface area contributed by atoms with Gasteiger partial charge < -0.3 is 9.84 Å². The van der Waals surface area contributed by atoms with E-state index < -0.39 is 5.41 Å². The lowest BCUT2D eigenvalue weighted by Crippen LogP contribution is -2.26. The molecule has 0 aliphatic carbocycles. The minimum atomic E-state index is -0.508. The lowest BCUT2D eigenvalue weighted by molar-refractivity contribution is -0.153. The van der Waals surface area contributed by atoms with E-state index in [4.69, 9.17) is 9.84 Å². The van der Waals surface area contributed by atoms with Crippen LogP contribution in [0.3, 0.4) is 0 Å². The minimum absolute atomic E-state index is 0.0406. The van der Waals surface area contributed by atoms with E-state index >= 15 is 0 Å². The van der Waals surface area contributed by atoms with Crippen molar-refractivity contribution in [3.8, 4) is 0 Å². The minimum Gasteiger partial charge on any atom is -0.466 e. The molecule has 82 valence electrons. The number of carbonyl (C=O) groups is 1. The van der Waals surface area contributed by atoms with Gasteiger partial charge in [-0.05, 0) is 34.1 Å². The van der Waals surface area contributed by atoms with Crippen molar-refractivity contribution in [3.63, 3.8) is 0 Å². The van der Waals surface area contributed by atoms with Crippen LogP contribution in [0.25, 0.3) is 0 Å². The highest BCUT2D eigenvalue weighted by Gasteiger charge is 2.27. The summed E-state index contributed by atoms with van der Waals surface area (Å²) in [5.41, 5.74) is 0.370. The van der Waals surface area contributed by atoms with E-state index in [0.717, 1.165) is 5.57 Å². The molecule has 0 aromatic rings. The van der Waals surface area contributed by atoms with Crippen LogP contribution in [-0.2, 0) is 9.53 Å². The molecule has 0 aliphatic heterocycles. The van der Waals surface area contributed by atoms with Crippen molar-refractivity contribution in [2.24, 2.45) is 5.41 Å². The van der Waals surface area contributed by atoms with E-state index in [1.54, 1.807) is 6.92 Å². The number of carbonyl (C=O) groups excluding carboxylic acids is 1. The first kappa shape index (κ1) is 13.2. The Kier molecular flexibility index (Phi) is 5.46. The predicted molar refractivity (Wildman–Crippen MR) is 55.9 cm³/mol. The molecule has 0 aromatic heterocycles. The molecule has 0 heterocycles. The summed E-state index contributed by atoms with van der Waals surface area (Å²) in [5, 5.41) is 8.79. The van der Waals surface area contributed by atoms with Crippen LogP contribution in [-0.4, -0.2) is 24.3 Å². The Morgan fingerprint density at radius 3 is 2.50 bits per heavy atom. The van der Waals surface area contributed by atoms with Crippen molar-refractivity contribution in [2.45, 2.75) is 34.1 Å². The average Bonchev–Trinajstić information content (AvgIpc) is 2.14. The monoisotopic (exact) mass is 200 g/mol. The predicted octanol–water partition coefficient (Wildman–Crippen LogP) is 1.90. The smallest absolute Gasteiger partial charge is 0.311 e. The number of esters is 1. The summed E-state index contributed by atoms with van der Waals surface area (Å²) in [6.07, 6.45) is 2.47. The second-order valence-corrected chi connectivity index (χ2v) is 4.02. The molecule has 0 bridgehead atoms. The fourth-order valence-corrected chi connectivity index (χ4v) is 0.904. The Morgan fingerprint density at radius 2 is 2.07 bits per heavy atom. The number of rotatable bonds is 5. The van der Waals surface area contributed by atoms with E-state index in [1.807, 2.05) is 26.8 Å². The molecule has 3 heteroatoms. The zero-order chi connectivity index (χ0) is 11.2. The summed E-state index contributed by atoms with van der Waals surface area (Å²) < 4.78 is 4.94. The highest BCUT2D eigenvalue weighted by molar-refractivity contribution is 5.76. The molecular weight excluding hydrogens is 180 g/mol. The van der Waals surface area contributed by atoms with Gasteiger partial charge in [0.2, 0.25) is 0 Å². The molecule has 0 saturated heterocycles. The van der Waals surface area contributed by atoms with Crippen LogP contribution in [0.15, 0.2) is 11.6 Å². The lowest BCUT2D eigenvalue weighted by atomic mass is 9.88. The molecule has 0 radical (unpaired) electrons. The summed E-state index contributed by atoms with van der Waals surface area (Å²) in [6, 6.07) is 0. The summed E-state index contributed by atoms with van der Waals surface area (Å²) in [7, 11) is 0. The molecule has 1 N–H and O–H groups in total. The third-order valence-electron chi connectivity index (χ3n) is 2.04. The van der Waals surface area contributed by atoms with Gasteiger partial charge in [-0.1, -0.05) is 11.6 Å². The molecule has 0 amide bonds. The third-order valence-corrected chi connectivity index (χ3v) is 2.04. The molecule has 3 nitrogen and oxygen atoms in total. The van der Waals surface area contributed by atoms with Gasteiger partial charge in [-0.2, -0.15) is 0 Å². The zero-order valence-corrected chi connectivity index (χ0v) is 9.46. The molecule has 0 aromatic carbocycles. The van der Waals surface area contributed by atoms with Gasteiger partial charge in [0.25, 0.3) is 0 Å². The summed E-state index contributed by atoms with van der Waals surface area (Å²) in [6.45, 7) is 7.76. The second kappa shape index (κ2) is 5.81. The van der Waals surface area contributed by atoms with Crippen molar-refractivity contribution in [1.82, 2.24) is 0 Å². The highest BCUT2D eigenvalue weighted by atomic mass is 16.5. The first-order valence-electron chi connectivity index (χ1n) is 4.87. The van der Waals surface area contributed by atoms with Crippen molar-refractivity contribution >= 4 is 5.97 Å². The number of aliphatic hydroxyl groups is 1. The van der Waals surface area contributed by atoms with Gasteiger partial charge >= 0.3 is 5.97 Å². The highest BCUT2D eigenvalue weighted by Crippen LogP contribution is 2.23. The SMILES string of the molecule is CCOC(=O)C(C)(C)C/C=C(\C)CO. The molecule has 0 atom stereocenters. The molecule has 0 aliphatic rings. The normalized spacial score (nSPS) is 12.8. The first-order valence-corrected chi connectivity index (χ1v) is 4.87. The van der Waals surface area contributed by atoms with E-state index in [2.05, 4.69) is 0 Å². The van der Waals surface area contributed by atoms with E-state index in [9.17, 15) is 4.79 Å². The van der Waals surface area contributed by atoms with Crippen molar-refractivity contribution in [2.75, 3.05) is 13.2 Å². The Morgan fingerprint density at radius 1 is 1.50 bits per heavy atom. The van der Waals surface area contributed by atoms with Crippen LogP contribution in [0.2, 0.25) is 0 Å². The number of ether oxygens (including phenoxy) is 1. The Balaban J connectivity index is 4.26. The van der Waals surface area contributed by atoms with Gasteiger partial charge in [0.15, 0.2) is 0 Å². The fraction of sp³-hybridized carbons (Fsp3) is 0.727. The van der Waals surface area contributed by atoms with E-state index in [-0.39, 0.29) is 12.6 Å². The summed E-state index contributed by atoms with van der Waals surface area (Å²) in [5.74, 6) is -0.193. The second-order valence-electron chi connectivity index (χ2n) is 4.02. The number of allylic oxidation sites excluding steroid dienone is 1. The third kappa shape index (κ3) is 4.42. The molecular formula is C11H20O3. The fourth-order valence-electron chi connectivity index (χ4n) is 0.904. The molecule has 0 spiro atoms. The summed E-state index contributed by atoms with van der Waals surface area (Å²) in [4.78, 5) is 11.5. The maximum Gasteiger partial charge on any atom is 0.311 e. The maximum atomic E-state index is 11.5. The Bertz CT molecular complexity index is 217. The average molecular weight is 200 g/mol. The lowest BCUT2D eigenvalue weighted by Gasteiger charge is -2.20. The van der Waals surface area contributed by atoms with Crippen LogP contribution in [0.5, 0.6) is 0 Å². The largest absolute Gasteiger partial charge is 0.466 e. The van der Waals surface area contributed by atoms with Crippen molar-refractivity contribution in [1.29, 1.82) is 0 Å². The van der Waals surface area contributed by atoms with Crippen LogP contribution >= 0.6 is 0 Å². The molecule has 0 unspecified atom stereocenters.